The van der Waals surface area contributed by atoms with E-state index < -0.39 is 0 Å². The summed E-state index contributed by atoms with van der Waals surface area (Å²) >= 11 is 5.92. The zero-order valence-electron chi connectivity index (χ0n) is 9.50. The summed E-state index contributed by atoms with van der Waals surface area (Å²) in [6, 6.07) is 7.75. The zero-order chi connectivity index (χ0) is 12.0. The van der Waals surface area contributed by atoms with Crippen molar-refractivity contribution in [2.24, 2.45) is 0 Å². The highest BCUT2D eigenvalue weighted by molar-refractivity contribution is 6.30. The van der Waals surface area contributed by atoms with Gasteiger partial charge in [-0.1, -0.05) is 30.7 Å². The Balaban J connectivity index is 2.64. The van der Waals surface area contributed by atoms with Gasteiger partial charge in [0, 0.05) is 11.1 Å². The number of ether oxygens (including phenoxy) is 1. The minimum atomic E-state index is -0.263. The third-order valence-corrected chi connectivity index (χ3v) is 2.61. The first-order chi connectivity index (χ1) is 7.67. The fourth-order valence-corrected chi connectivity index (χ4v) is 1.70. The summed E-state index contributed by atoms with van der Waals surface area (Å²) in [6.07, 6.45) is 0.886. The summed E-state index contributed by atoms with van der Waals surface area (Å²) in [4.78, 5) is 11.0. The van der Waals surface area contributed by atoms with Crippen LogP contribution in [0.5, 0.6) is 0 Å². The largest absolute Gasteiger partial charge is 0.468 e. The summed E-state index contributed by atoms with van der Waals surface area (Å²) in [7, 11) is 1.38. The molecular formula is C12H16ClNO2. The van der Waals surface area contributed by atoms with E-state index in [4.69, 9.17) is 11.6 Å². The van der Waals surface area contributed by atoms with Crippen LogP contribution in [-0.2, 0) is 9.53 Å². The van der Waals surface area contributed by atoms with Gasteiger partial charge in [0.15, 0.2) is 0 Å². The molecule has 0 radical (unpaired) electrons. The highest BCUT2D eigenvalue weighted by Gasteiger charge is 2.10. The number of hydrogen-bond acceptors (Lipinski definition) is 3. The number of methoxy groups -OCH3 is 1. The van der Waals surface area contributed by atoms with Crippen molar-refractivity contribution in [2.75, 3.05) is 13.7 Å². The van der Waals surface area contributed by atoms with Crippen LogP contribution in [0.1, 0.15) is 24.9 Å². The summed E-state index contributed by atoms with van der Waals surface area (Å²) in [5.41, 5.74) is 1.08. The molecule has 0 fully saturated rings. The van der Waals surface area contributed by atoms with Gasteiger partial charge in [-0.25, -0.2) is 0 Å². The van der Waals surface area contributed by atoms with Crippen molar-refractivity contribution in [3.63, 3.8) is 0 Å². The lowest BCUT2D eigenvalue weighted by Crippen LogP contribution is -2.28. The van der Waals surface area contributed by atoms with Crippen LogP contribution in [0.15, 0.2) is 24.3 Å². The molecule has 88 valence electrons. The molecule has 4 heteroatoms. The second-order valence-corrected chi connectivity index (χ2v) is 3.91. The number of halogens is 1. The van der Waals surface area contributed by atoms with E-state index in [-0.39, 0.29) is 18.6 Å². The predicted molar refractivity (Wildman–Crippen MR) is 64.5 cm³/mol. The molecule has 0 spiro atoms. The van der Waals surface area contributed by atoms with E-state index >= 15 is 0 Å². The van der Waals surface area contributed by atoms with Gasteiger partial charge in [-0.05, 0) is 24.1 Å². The van der Waals surface area contributed by atoms with Crippen molar-refractivity contribution in [1.29, 1.82) is 0 Å². The topological polar surface area (TPSA) is 38.3 Å². The van der Waals surface area contributed by atoms with Gasteiger partial charge in [-0.15, -0.1) is 0 Å². The summed E-state index contributed by atoms with van der Waals surface area (Å²) in [5.74, 6) is -0.263. The molecule has 1 atom stereocenters. The minimum absolute atomic E-state index is 0.123. The van der Waals surface area contributed by atoms with Crippen molar-refractivity contribution in [3.8, 4) is 0 Å². The number of benzene rings is 1. The molecule has 0 bridgehead atoms. The van der Waals surface area contributed by atoms with E-state index in [1.165, 1.54) is 7.11 Å². The Morgan fingerprint density at radius 2 is 2.31 bits per heavy atom. The molecule has 1 unspecified atom stereocenters. The molecule has 1 aromatic carbocycles. The lowest BCUT2D eigenvalue weighted by Gasteiger charge is -2.16. The lowest BCUT2D eigenvalue weighted by molar-refractivity contribution is -0.139. The predicted octanol–water partition coefficient (Wildman–Crippen LogP) is 2.55. The van der Waals surface area contributed by atoms with Gasteiger partial charge >= 0.3 is 5.97 Å². The summed E-state index contributed by atoms with van der Waals surface area (Å²) in [6.45, 7) is 2.26. The highest BCUT2D eigenvalue weighted by Crippen LogP contribution is 2.19. The van der Waals surface area contributed by atoms with Crippen LogP contribution in [-0.4, -0.2) is 19.6 Å². The first-order valence-electron chi connectivity index (χ1n) is 5.23. The quantitative estimate of drug-likeness (QED) is 0.806. The van der Waals surface area contributed by atoms with Crippen molar-refractivity contribution in [2.45, 2.75) is 19.4 Å². The molecule has 0 aliphatic rings. The second-order valence-electron chi connectivity index (χ2n) is 3.47. The Bertz CT molecular complexity index is 355. The number of carbonyl (C=O) groups excluding carboxylic acids is 1. The average Bonchev–Trinajstić information content (AvgIpc) is 2.29. The van der Waals surface area contributed by atoms with E-state index in [0.717, 1.165) is 12.0 Å². The fraction of sp³-hybridized carbons (Fsp3) is 0.417. The van der Waals surface area contributed by atoms with Gasteiger partial charge in [-0.3, -0.25) is 4.79 Å². The summed E-state index contributed by atoms with van der Waals surface area (Å²) in [5, 5.41) is 3.83. The van der Waals surface area contributed by atoms with Crippen LogP contribution < -0.4 is 5.32 Å². The molecule has 0 aromatic heterocycles. The van der Waals surface area contributed by atoms with Crippen LogP contribution in [0.3, 0.4) is 0 Å². The number of nitrogens with one attached hydrogen (secondary N) is 1. The Kier molecular flexibility index (Phi) is 5.29. The van der Waals surface area contributed by atoms with E-state index in [1.54, 1.807) is 0 Å². The van der Waals surface area contributed by atoms with Gasteiger partial charge in [0.05, 0.1) is 13.7 Å². The van der Waals surface area contributed by atoms with E-state index in [2.05, 4.69) is 17.0 Å². The Morgan fingerprint density at radius 3 is 2.88 bits per heavy atom. The van der Waals surface area contributed by atoms with Crippen LogP contribution in [0, 0.1) is 0 Å². The molecule has 0 amide bonds. The van der Waals surface area contributed by atoms with Crippen molar-refractivity contribution in [3.05, 3.63) is 34.9 Å². The molecule has 1 rings (SSSR count). The second kappa shape index (κ2) is 6.51. The number of carbonyl (C=O) groups is 1. The van der Waals surface area contributed by atoms with Crippen LogP contribution >= 0.6 is 11.6 Å². The van der Waals surface area contributed by atoms with Crippen molar-refractivity contribution >= 4 is 17.6 Å². The zero-order valence-corrected chi connectivity index (χ0v) is 10.3. The SMILES string of the molecule is CCC(NCC(=O)OC)c1cccc(Cl)c1. The maximum absolute atomic E-state index is 11.0. The molecule has 1 aromatic rings. The molecule has 0 saturated carbocycles. The molecule has 0 aliphatic carbocycles. The van der Waals surface area contributed by atoms with Gasteiger partial charge in [0.25, 0.3) is 0 Å². The fourth-order valence-electron chi connectivity index (χ4n) is 1.50. The van der Waals surface area contributed by atoms with Crippen LogP contribution in [0.4, 0.5) is 0 Å². The maximum Gasteiger partial charge on any atom is 0.319 e. The molecule has 0 heterocycles. The summed E-state index contributed by atoms with van der Waals surface area (Å²) < 4.78 is 4.58. The van der Waals surface area contributed by atoms with Gasteiger partial charge in [0.2, 0.25) is 0 Å². The van der Waals surface area contributed by atoms with Crippen LogP contribution in [0.2, 0.25) is 5.02 Å². The average molecular weight is 242 g/mol. The van der Waals surface area contributed by atoms with Gasteiger partial charge in [-0.2, -0.15) is 0 Å². The van der Waals surface area contributed by atoms with Gasteiger partial charge in [0.1, 0.15) is 0 Å². The number of esters is 1. The Morgan fingerprint density at radius 1 is 1.56 bits per heavy atom. The number of hydrogen-bond donors (Lipinski definition) is 1. The lowest BCUT2D eigenvalue weighted by atomic mass is 10.0. The molecule has 0 saturated heterocycles. The molecule has 3 nitrogen and oxygen atoms in total. The molecular weight excluding hydrogens is 226 g/mol. The molecule has 1 N–H and O–H groups in total. The highest BCUT2D eigenvalue weighted by atomic mass is 35.5. The molecule has 0 aliphatic heterocycles. The minimum Gasteiger partial charge on any atom is -0.468 e. The van der Waals surface area contributed by atoms with E-state index in [0.29, 0.717) is 5.02 Å². The van der Waals surface area contributed by atoms with E-state index in [1.807, 2.05) is 24.3 Å². The monoisotopic (exact) mass is 241 g/mol. The Hall–Kier alpha value is -1.06. The third kappa shape index (κ3) is 3.83. The number of rotatable bonds is 5. The van der Waals surface area contributed by atoms with Crippen molar-refractivity contribution in [1.82, 2.24) is 5.32 Å². The molecule has 16 heavy (non-hydrogen) atoms. The first kappa shape index (κ1) is 13.0. The van der Waals surface area contributed by atoms with Crippen molar-refractivity contribution < 1.29 is 9.53 Å². The van der Waals surface area contributed by atoms with E-state index in [9.17, 15) is 4.79 Å². The smallest absolute Gasteiger partial charge is 0.319 e. The maximum atomic E-state index is 11.0. The first-order valence-corrected chi connectivity index (χ1v) is 5.60. The Labute approximate surface area is 101 Å². The van der Waals surface area contributed by atoms with Crippen LogP contribution in [0.25, 0.3) is 0 Å². The normalized spacial score (nSPS) is 12.2. The standard InChI is InChI=1S/C12H16ClNO2/c1-3-11(14-8-12(15)16-2)9-5-4-6-10(13)7-9/h4-7,11,14H,3,8H2,1-2H3. The van der Waals surface area contributed by atoms with Gasteiger partial charge < -0.3 is 10.1 Å². The third-order valence-electron chi connectivity index (χ3n) is 2.38.